The highest BCUT2D eigenvalue weighted by Gasteiger charge is 2.09. The molecule has 3 heterocycles. The summed E-state index contributed by atoms with van der Waals surface area (Å²) in [4.78, 5) is 20.4. The molecule has 3 aromatic heterocycles. The Morgan fingerprint density at radius 1 is 0.692 bits per heavy atom. The van der Waals surface area contributed by atoms with Gasteiger partial charge in [-0.05, 0) is 61.4 Å². The van der Waals surface area contributed by atoms with E-state index < -0.39 is 0 Å². The Bertz CT molecular complexity index is 1260. The summed E-state index contributed by atoms with van der Waals surface area (Å²) in [6.45, 7) is 3.95. The van der Waals surface area contributed by atoms with Crippen LogP contribution in [-0.4, -0.2) is 24.9 Å². The van der Waals surface area contributed by atoms with Gasteiger partial charge in [-0.1, -0.05) is 18.2 Å². The number of rotatable bonds is 2. The second kappa shape index (κ2) is 5.52. The minimum absolute atomic E-state index is 0.792. The van der Waals surface area contributed by atoms with Gasteiger partial charge in [0.05, 0.1) is 22.1 Å². The molecule has 0 saturated heterocycles. The van der Waals surface area contributed by atoms with Crippen LogP contribution >= 0.6 is 0 Å². The predicted octanol–water partition coefficient (Wildman–Crippen LogP) is 4.79. The van der Waals surface area contributed by atoms with Gasteiger partial charge in [0.1, 0.15) is 11.5 Å². The van der Waals surface area contributed by atoms with E-state index in [4.69, 9.17) is 0 Å². The number of hydrogen-bond donors (Lipinski definition) is 2. The van der Waals surface area contributed by atoms with Gasteiger partial charge in [0.25, 0.3) is 0 Å². The lowest BCUT2D eigenvalue weighted by atomic mass is 10.0. The van der Waals surface area contributed by atoms with Crippen LogP contribution in [-0.2, 0) is 0 Å². The number of pyridine rings is 1. The molecule has 26 heavy (non-hydrogen) atoms. The highest BCUT2D eigenvalue weighted by molar-refractivity contribution is 5.87. The van der Waals surface area contributed by atoms with Crippen molar-refractivity contribution in [1.82, 2.24) is 24.9 Å². The van der Waals surface area contributed by atoms with Crippen molar-refractivity contribution in [2.24, 2.45) is 0 Å². The summed E-state index contributed by atoms with van der Waals surface area (Å²) in [5.41, 5.74) is 8.10. The van der Waals surface area contributed by atoms with Crippen LogP contribution in [0.15, 0.2) is 54.6 Å². The first-order chi connectivity index (χ1) is 12.7. The van der Waals surface area contributed by atoms with Gasteiger partial charge in [0.15, 0.2) is 5.82 Å². The summed E-state index contributed by atoms with van der Waals surface area (Å²) in [5.74, 6) is 1.72. The van der Waals surface area contributed by atoms with Crippen molar-refractivity contribution in [1.29, 1.82) is 0 Å². The van der Waals surface area contributed by atoms with Crippen LogP contribution in [0.1, 0.15) is 11.5 Å². The van der Waals surface area contributed by atoms with Crippen LogP contribution in [0.2, 0.25) is 0 Å². The molecule has 0 spiro atoms. The van der Waals surface area contributed by atoms with Crippen molar-refractivity contribution in [2.45, 2.75) is 13.8 Å². The summed E-state index contributed by atoms with van der Waals surface area (Å²) in [6.07, 6.45) is 0. The molecule has 5 rings (SSSR count). The Labute approximate surface area is 150 Å². The second-order valence-electron chi connectivity index (χ2n) is 6.54. The van der Waals surface area contributed by atoms with Crippen LogP contribution in [0.4, 0.5) is 0 Å². The first kappa shape index (κ1) is 14.8. The molecule has 0 radical (unpaired) electrons. The molecule has 2 aromatic carbocycles. The summed E-state index contributed by atoms with van der Waals surface area (Å²) in [5, 5.41) is 0. The van der Waals surface area contributed by atoms with Gasteiger partial charge >= 0.3 is 0 Å². The van der Waals surface area contributed by atoms with E-state index in [-0.39, 0.29) is 0 Å². The molecular formula is C21H17N5. The maximum Gasteiger partial charge on any atom is 0.157 e. The first-order valence-corrected chi connectivity index (χ1v) is 8.56. The third-order valence-electron chi connectivity index (χ3n) is 4.55. The average molecular weight is 339 g/mol. The van der Waals surface area contributed by atoms with Crippen LogP contribution in [0.5, 0.6) is 0 Å². The zero-order chi connectivity index (χ0) is 17.7. The normalized spacial score (nSPS) is 11.5. The van der Waals surface area contributed by atoms with E-state index in [1.165, 1.54) is 0 Å². The van der Waals surface area contributed by atoms with Crippen molar-refractivity contribution in [3.05, 3.63) is 66.1 Å². The van der Waals surface area contributed by atoms with Crippen molar-refractivity contribution in [3.63, 3.8) is 0 Å². The van der Waals surface area contributed by atoms with E-state index in [2.05, 4.69) is 49.2 Å². The van der Waals surface area contributed by atoms with E-state index in [1.807, 2.05) is 44.2 Å². The molecule has 5 aromatic rings. The minimum Gasteiger partial charge on any atom is -0.342 e. The smallest absolute Gasteiger partial charge is 0.157 e. The number of aromatic nitrogens is 5. The molecule has 0 aliphatic carbocycles. The molecule has 0 amide bonds. The third kappa shape index (κ3) is 2.45. The van der Waals surface area contributed by atoms with Crippen LogP contribution in [0.25, 0.3) is 44.7 Å². The number of nitrogens with one attached hydrogen (secondary N) is 2. The molecule has 5 nitrogen and oxygen atoms in total. The third-order valence-corrected chi connectivity index (χ3v) is 4.55. The number of fused-ring (bicyclic) bond motifs is 2. The topological polar surface area (TPSA) is 70.2 Å². The van der Waals surface area contributed by atoms with E-state index in [0.29, 0.717) is 0 Å². The minimum atomic E-state index is 0.792. The first-order valence-electron chi connectivity index (χ1n) is 8.56. The highest BCUT2D eigenvalue weighted by Crippen LogP contribution is 2.27. The quantitative estimate of drug-likeness (QED) is 0.486. The van der Waals surface area contributed by atoms with Crippen molar-refractivity contribution in [3.8, 4) is 22.6 Å². The Balaban J connectivity index is 1.60. The summed E-state index contributed by atoms with van der Waals surface area (Å²) in [7, 11) is 0. The molecule has 0 fully saturated rings. The standard InChI is InChI=1S/C21H17N5/c1-12-4-3-5-18(22-12)21-25-17-9-7-15(11-20(17)26-21)14-6-8-16-19(10-14)24-13(2)23-16/h3-11H,1-2H3,(H,23,24)(H,25,26). The Morgan fingerprint density at radius 2 is 1.38 bits per heavy atom. The molecule has 0 saturated carbocycles. The van der Waals surface area contributed by atoms with Gasteiger partial charge in [0, 0.05) is 5.69 Å². The lowest BCUT2D eigenvalue weighted by Gasteiger charge is -2.01. The van der Waals surface area contributed by atoms with Gasteiger partial charge in [-0.3, -0.25) is 0 Å². The molecule has 0 bridgehead atoms. The fourth-order valence-electron chi connectivity index (χ4n) is 3.30. The van der Waals surface area contributed by atoms with Gasteiger partial charge < -0.3 is 9.97 Å². The zero-order valence-electron chi connectivity index (χ0n) is 14.5. The molecule has 126 valence electrons. The van der Waals surface area contributed by atoms with Gasteiger partial charge in [-0.2, -0.15) is 0 Å². The van der Waals surface area contributed by atoms with Crippen molar-refractivity contribution in [2.75, 3.05) is 0 Å². The zero-order valence-corrected chi connectivity index (χ0v) is 14.5. The molecule has 0 unspecified atom stereocenters. The number of nitrogens with zero attached hydrogens (tertiary/aromatic N) is 3. The lowest BCUT2D eigenvalue weighted by molar-refractivity contribution is 1.17. The Kier molecular flexibility index (Phi) is 3.15. The van der Waals surface area contributed by atoms with Crippen LogP contribution < -0.4 is 0 Å². The molecule has 0 aliphatic rings. The molecule has 5 heteroatoms. The van der Waals surface area contributed by atoms with Gasteiger partial charge in [0.2, 0.25) is 0 Å². The maximum atomic E-state index is 4.68. The van der Waals surface area contributed by atoms with E-state index >= 15 is 0 Å². The molecule has 2 N–H and O–H groups in total. The Hall–Kier alpha value is -3.47. The SMILES string of the molecule is Cc1cccc(-c2nc3ccc(-c4ccc5nc(C)[nH]c5c4)cc3[nH]2)n1. The number of benzene rings is 2. The van der Waals surface area contributed by atoms with E-state index in [9.17, 15) is 0 Å². The molecule has 0 aliphatic heterocycles. The number of hydrogen-bond acceptors (Lipinski definition) is 3. The number of aromatic amines is 2. The Morgan fingerprint density at radius 3 is 2.12 bits per heavy atom. The molecule has 0 atom stereocenters. The van der Waals surface area contributed by atoms with Crippen LogP contribution in [0, 0.1) is 13.8 Å². The number of imidazole rings is 2. The fraction of sp³-hybridized carbons (Fsp3) is 0.0952. The van der Waals surface area contributed by atoms with Gasteiger partial charge in [-0.25, -0.2) is 15.0 Å². The number of H-pyrrole nitrogens is 2. The summed E-state index contributed by atoms with van der Waals surface area (Å²) < 4.78 is 0. The average Bonchev–Trinajstić information content (AvgIpc) is 3.22. The van der Waals surface area contributed by atoms with Crippen molar-refractivity contribution >= 4 is 22.1 Å². The molecular weight excluding hydrogens is 322 g/mol. The van der Waals surface area contributed by atoms with Crippen molar-refractivity contribution < 1.29 is 0 Å². The fourth-order valence-corrected chi connectivity index (χ4v) is 3.30. The van der Waals surface area contributed by atoms with E-state index in [1.54, 1.807) is 0 Å². The van der Waals surface area contributed by atoms with Crippen LogP contribution in [0.3, 0.4) is 0 Å². The lowest BCUT2D eigenvalue weighted by Crippen LogP contribution is -1.87. The van der Waals surface area contributed by atoms with Gasteiger partial charge in [-0.15, -0.1) is 0 Å². The van der Waals surface area contributed by atoms with E-state index in [0.717, 1.165) is 56.2 Å². The summed E-state index contributed by atoms with van der Waals surface area (Å²) in [6, 6.07) is 18.5. The summed E-state index contributed by atoms with van der Waals surface area (Å²) >= 11 is 0. The predicted molar refractivity (Wildman–Crippen MR) is 104 cm³/mol. The maximum absolute atomic E-state index is 4.68. The second-order valence-corrected chi connectivity index (χ2v) is 6.54. The number of aryl methyl sites for hydroxylation is 2. The monoisotopic (exact) mass is 339 g/mol. The highest BCUT2D eigenvalue weighted by atomic mass is 14.9. The largest absolute Gasteiger partial charge is 0.342 e.